The number of nitriles is 1. The zero-order valence-corrected chi connectivity index (χ0v) is 22.7. The molecule has 11 heteroatoms. The summed E-state index contributed by atoms with van der Waals surface area (Å²) in [7, 11) is 0. The Morgan fingerprint density at radius 2 is 2.00 bits per heavy atom. The molecule has 2 N–H and O–H groups in total. The van der Waals surface area contributed by atoms with E-state index in [1.165, 1.54) is 6.20 Å². The van der Waals surface area contributed by atoms with Crippen molar-refractivity contribution in [2.45, 2.75) is 59.2 Å². The molecule has 10 nitrogen and oxygen atoms in total. The first-order chi connectivity index (χ1) is 17.4. The van der Waals surface area contributed by atoms with Crippen molar-refractivity contribution in [3.63, 3.8) is 0 Å². The van der Waals surface area contributed by atoms with Crippen molar-refractivity contribution in [2.24, 2.45) is 5.92 Å². The second-order valence-corrected chi connectivity index (χ2v) is 10.9. The van der Waals surface area contributed by atoms with E-state index in [2.05, 4.69) is 25.6 Å². The van der Waals surface area contributed by atoms with Gasteiger partial charge in [-0.1, -0.05) is 37.6 Å². The summed E-state index contributed by atoms with van der Waals surface area (Å²) in [4.78, 5) is 35.3. The number of rotatable bonds is 8. The topological polar surface area (TPSA) is 123 Å². The molecule has 0 aliphatic carbocycles. The quantitative estimate of drug-likeness (QED) is 0.495. The third-order valence-electron chi connectivity index (χ3n) is 5.48. The first-order valence-electron chi connectivity index (χ1n) is 12.3. The van der Waals surface area contributed by atoms with E-state index in [9.17, 15) is 9.59 Å². The smallest absolute Gasteiger partial charge is 0.407 e. The van der Waals surface area contributed by atoms with Crippen LogP contribution in [-0.4, -0.2) is 58.1 Å². The molecule has 1 aliphatic rings. The van der Waals surface area contributed by atoms with Gasteiger partial charge in [0.2, 0.25) is 5.82 Å². The van der Waals surface area contributed by atoms with Crippen LogP contribution in [0.3, 0.4) is 0 Å². The average Bonchev–Trinajstić information content (AvgIpc) is 3.24. The van der Waals surface area contributed by atoms with Gasteiger partial charge in [-0.25, -0.2) is 9.78 Å². The highest BCUT2D eigenvalue weighted by atomic mass is 35.5. The first kappa shape index (κ1) is 28.2. The zero-order valence-electron chi connectivity index (χ0n) is 21.9. The number of aromatic nitrogens is 2. The molecule has 3 rings (SSSR count). The summed E-state index contributed by atoms with van der Waals surface area (Å²) in [5.74, 6) is 0.115. The fourth-order valence-electron chi connectivity index (χ4n) is 3.93. The maximum atomic E-state index is 13.0. The number of likely N-dealkylation sites (tertiary alicyclic amines) is 1. The van der Waals surface area contributed by atoms with E-state index in [0.717, 1.165) is 25.1 Å². The van der Waals surface area contributed by atoms with Crippen molar-refractivity contribution in [1.82, 2.24) is 25.6 Å². The van der Waals surface area contributed by atoms with Gasteiger partial charge in [-0.05, 0) is 50.8 Å². The Labute approximate surface area is 222 Å². The maximum Gasteiger partial charge on any atom is 0.407 e. The van der Waals surface area contributed by atoms with Crippen LogP contribution in [0.2, 0.25) is 5.02 Å². The highest BCUT2D eigenvalue weighted by Crippen LogP contribution is 2.22. The van der Waals surface area contributed by atoms with Gasteiger partial charge in [-0.2, -0.15) is 10.2 Å². The number of carbonyl (C=O) groups excluding carboxylic acids is 2. The minimum absolute atomic E-state index is 0.0304. The van der Waals surface area contributed by atoms with Gasteiger partial charge in [0.05, 0.1) is 6.20 Å². The molecule has 1 atom stereocenters. The van der Waals surface area contributed by atoms with Crippen molar-refractivity contribution in [3.8, 4) is 6.07 Å². The predicted molar refractivity (Wildman–Crippen MR) is 141 cm³/mol. The molecule has 0 spiro atoms. The second kappa shape index (κ2) is 12.2. The number of ether oxygens (including phenoxy) is 1. The van der Waals surface area contributed by atoms with E-state index < -0.39 is 11.7 Å². The number of anilines is 1. The molecule has 2 heterocycles. The number of halogens is 1. The minimum atomic E-state index is -0.525. The summed E-state index contributed by atoms with van der Waals surface area (Å²) >= 11 is 6.27. The Morgan fingerprint density at radius 3 is 2.62 bits per heavy atom. The summed E-state index contributed by atoms with van der Waals surface area (Å²) in [6.07, 6.45) is 1.81. The van der Waals surface area contributed by atoms with Crippen LogP contribution in [0.5, 0.6) is 0 Å². The Kier molecular flexibility index (Phi) is 9.29. The predicted octanol–water partition coefficient (Wildman–Crippen LogP) is 3.91. The van der Waals surface area contributed by atoms with Crippen LogP contribution < -0.4 is 15.8 Å². The average molecular weight is 528 g/mol. The third kappa shape index (κ3) is 8.58. The molecule has 1 saturated heterocycles. The highest BCUT2D eigenvalue weighted by Gasteiger charge is 2.26. The minimum Gasteiger partial charge on any atom is -0.444 e. The molecular formula is C26H34ClN7O3. The number of hydrazine groups is 1. The maximum absolute atomic E-state index is 13.0. The van der Waals surface area contributed by atoms with Crippen LogP contribution in [0.4, 0.5) is 10.6 Å². The standard InChI is InChI=1S/C26H34ClN7O3/c1-17(2)14-34(23-21(27)13-29-22(12-28)31-23)32-24(35)19-8-6-18(7-9-19)15-33-11-10-20(16-33)30-25(36)37-26(3,4)5/h6-9,13,17,20H,10-11,14-16H2,1-5H3,(H,30,36)(H,32,35). The lowest BCUT2D eigenvalue weighted by Gasteiger charge is -2.26. The van der Waals surface area contributed by atoms with Crippen LogP contribution in [0.25, 0.3) is 0 Å². The fourth-order valence-corrected chi connectivity index (χ4v) is 4.12. The summed E-state index contributed by atoms with van der Waals surface area (Å²) < 4.78 is 5.35. The van der Waals surface area contributed by atoms with Crippen LogP contribution in [0.1, 0.15) is 62.8 Å². The number of benzene rings is 1. The SMILES string of the molecule is CC(C)CN(NC(=O)c1ccc(CN2CCC(NC(=O)OC(C)(C)C)C2)cc1)c1nc(C#N)ncc1Cl. The van der Waals surface area contributed by atoms with Gasteiger partial charge in [0.15, 0.2) is 5.82 Å². The molecule has 1 unspecified atom stereocenters. The summed E-state index contributed by atoms with van der Waals surface area (Å²) in [5.41, 5.74) is 3.87. The zero-order chi connectivity index (χ0) is 27.2. The summed E-state index contributed by atoms with van der Waals surface area (Å²) in [6.45, 7) is 12.3. The summed E-state index contributed by atoms with van der Waals surface area (Å²) in [6, 6.07) is 9.32. The van der Waals surface area contributed by atoms with Gasteiger partial charge in [0.25, 0.3) is 5.91 Å². The Balaban J connectivity index is 1.59. The van der Waals surface area contributed by atoms with Crippen LogP contribution in [-0.2, 0) is 11.3 Å². The number of hydrogen-bond donors (Lipinski definition) is 2. The van der Waals surface area contributed by atoms with E-state index in [0.29, 0.717) is 18.7 Å². The largest absolute Gasteiger partial charge is 0.444 e. The van der Waals surface area contributed by atoms with Crippen molar-refractivity contribution >= 4 is 29.4 Å². The summed E-state index contributed by atoms with van der Waals surface area (Å²) in [5, 5.41) is 13.9. The normalized spacial score (nSPS) is 15.8. The molecule has 198 valence electrons. The molecular weight excluding hydrogens is 494 g/mol. The van der Waals surface area contributed by atoms with Gasteiger partial charge in [0, 0.05) is 37.8 Å². The van der Waals surface area contributed by atoms with Crippen molar-refractivity contribution < 1.29 is 14.3 Å². The first-order valence-corrected chi connectivity index (χ1v) is 12.6. The lowest BCUT2D eigenvalue weighted by Crippen LogP contribution is -2.45. The van der Waals surface area contributed by atoms with Crippen molar-refractivity contribution in [2.75, 3.05) is 24.6 Å². The van der Waals surface area contributed by atoms with Gasteiger partial charge >= 0.3 is 6.09 Å². The number of nitrogens with zero attached hydrogens (tertiary/aromatic N) is 5. The van der Waals surface area contributed by atoms with Crippen LogP contribution in [0.15, 0.2) is 30.5 Å². The van der Waals surface area contributed by atoms with E-state index in [4.69, 9.17) is 21.6 Å². The molecule has 0 bridgehead atoms. The number of alkyl carbamates (subject to hydrolysis) is 1. The molecule has 1 aromatic carbocycles. The van der Waals surface area contributed by atoms with Crippen LogP contribution in [0, 0.1) is 17.2 Å². The second-order valence-electron chi connectivity index (χ2n) is 10.5. The molecule has 1 aromatic heterocycles. The third-order valence-corrected chi connectivity index (χ3v) is 5.75. The van der Waals surface area contributed by atoms with Crippen molar-refractivity contribution in [1.29, 1.82) is 5.26 Å². The van der Waals surface area contributed by atoms with E-state index in [1.54, 1.807) is 17.1 Å². The number of amides is 2. The van der Waals surface area contributed by atoms with Gasteiger partial charge < -0.3 is 10.1 Å². The number of carbonyl (C=O) groups is 2. The molecule has 1 fully saturated rings. The van der Waals surface area contributed by atoms with Gasteiger partial charge in [-0.3, -0.25) is 20.1 Å². The molecule has 0 radical (unpaired) electrons. The van der Waals surface area contributed by atoms with E-state index >= 15 is 0 Å². The lowest BCUT2D eigenvalue weighted by atomic mass is 10.1. The Bertz CT molecular complexity index is 1140. The number of nitrogens with one attached hydrogen (secondary N) is 2. The molecule has 2 amide bonds. The highest BCUT2D eigenvalue weighted by molar-refractivity contribution is 6.32. The molecule has 2 aromatic rings. The molecule has 1 aliphatic heterocycles. The fraction of sp³-hybridized carbons (Fsp3) is 0.500. The molecule has 0 saturated carbocycles. The van der Waals surface area contributed by atoms with E-state index in [-0.39, 0.29) is 34.5 Å². The lowest BCUT2D eigenvalue weighted by molar-refractivity contribution is 0.0505. The number of hydrogen-bond acceptors (Lipinski definition) is 8. The monoisotopic (exact) mass is 527 g/mol. The Morgan fingerprint density at radius 1 is 1.30 bits per heavy atom. The van der Waals surface area contributed by atoms with Gasteiger partial charge in [-0.15, -0.1) is 0 Å². The Hall–Kier alpha value is -3.42. The molecule has 37 heavy (non-hydrogen) atoms. The van der Waals surface area contributed by atoms with Crippen molar-refractivity contribution in [3.05, 3.63) is 52.4 Å². The van der Waals surface area contributed by atoms with E-state index in [1.807, 2.05) is 52.8 Å². The van der Waals surface area contributed by atoms with Crippen LogP contribution >= 0.6 is 11.6 Å². The van der Waals surface area contributed by atoms with Gasteiger partial charge in [0.1, 0.15) is 16.7 Å².